The molecule has 0 aromatic carbocycles. The molecule has 0 spiro atoms. The molecular weight excluding hydrogens is 232 g/mol. The van der Waals surface area contributed by atoms with Gasteiger partial charge in [0, 0.05) is 11.4 Å². The van der Waals surface area contributed by atoms with Crippen LogP contribution in [0, 0.1) is 17.2 Å². The number of rotatable bonds is 6. The number of carbonyl (C=O) groups excluding carboxylic acids is 1. The average Bonchev–Trinajstić information content (AvgIpc) is 2.85. The maximum Gasteiger partial charge on any atom is 0.240 e. The Morgan fingerprint density at radius 3 is 2.82 bits per heavy atom. The maximum absolute atomic E-state index is 12.1. The van der Waals surface area contributed by atoms with E-state index in [1.165, 1.54) is 0 Å². The van der Waals surface area contributed by atoms with Crippen LogP contribution in [0.1, 0.15) is 31.6 Å². The van der Waals surface area contributed by atoms with Gasteiger partial charge in [0.15, 0.2) is 0 Å². The van der Waals surface area contributed by atoms with Crippen molar-refractivity contribution in [2.75, 3.05) is 6.54 Å². The summed E-state index contributed by atoms with van der Waals surface area (Å²) in [7, 11) is 0. The minimum atomic E-state index is -0.486. The summed E-state index contributed by atoms with van der Waals surface area (Å²) in [6, 6.07) is 6.10. The monoisotopic (exact) mass is 250 g/mol. The van der Waals surface area contributed by atoms with Gasteiger partial charge < -0.3 is 4.90 Å². The summed E-state index contributed by atoms with van der Waals surface area (Å²) < 4.78 is 0. The zero-order valence-corrected chi connectivity index (χ0v) is 11.2. The second kappa shape index (κ2) is 7.08. The molecule has 0 aliphatic rings. The number of hydrogen-bond acceptors (Lipinski definition) is 3. The van der Waals surface area contributed by atoms with Crippen molar-refractivity contribution < 1.29 is 4.79 Å². The van der Waals surface area contributed by atoms with Gasteiger partial charge in [-0.2, -0.15) is 5.26 Å². The summed E-state index contributed by atoms with van der Waals surface area (Å²) in [6.45, 7) is 5.21. The molecule has 92 valence electrons. The molecule has 0 fully saturated rings. The van der Waals surface area contributed by atoms with Crippen LogP contribution in [0.4, 0.5) is 0 Å². The highest BCUT2D eigenvalue weighted by molar-refractivity contribution is 7.09. The summed E-state index contributed by atoms with van der Waals surface area (Å²) in [5, 5.41) is 11.0. The number of carbonyl (C=O) groups is 1. The highest BCUT2D eigenvalue weighted by Gasteiger charge is 2.22. The van der Waals surface area contributed by atoms with Crippen LogP contribution in [0.2, 0.25) is 0 Å². The lowest BCUT2D eigenvalue weighted by molar-refractivity contribution is -0.134. The van der Waals surface area contributed by atoms with Gasteiger partial charge in [-0.25, -0.2) is 0 Å². The first-order valence-electron chi connectivity index (χ1n) is 5.93. The normalized spacial score (nSPS) is 11.8. The zero-order valence-electron chi connectivity index (χ0n) is 10.3. The molecule has 17 heavy (non-hydrogen) atoms. The number of nitrogens with zero attached hydrogens (tertiary/aromatic N) is 2. The maximum atomic E-state index is 12.1. The standard InChI is InChI=1S/C13H18N2OS/c1-3-6-11(9-14)13(16)15(4-2)10-12-7-5-8-17-12/h5,7-8,11H,3-4,6,10H2,1-2H3. The average molecular weight is 250 g/mol. The van der Waals surface area contributed by atoms with E-state index in [4.69, 9.17) is 5.26 Å². The molecule has 0 radical (unpaired) electrons. The summed E-state index contributed by atoms with van der Waals surface area (Å²) >= 11 is 1.64. The molecule has 0 aliphatic heterocycles. The molecule has 0 N–H and O–H groups in total. The van der Waals surface area contributed by atoms with Crippen LogP contribution in [-0.2, 0) is 11.3 Å². The van der Waals surface area contributed by atoms with E-state index in [1.54, 1.807) is 16.2 Å². The minimum Gasteiger partial charge on any atom is -0.337 e. The van der Waals surface area contributed by atoms with Crippen LogP contribution in [0.25, 0.3) is 0 Å². The molecule has 1 unspecified atom stereocenters. The summed E-state index contributed by atoms with van der Waals surface area (Å²) in [5.41, 5.74) is 0. The quantitative estimate of drug-likeness (QED) is 0.779. The van der Waals surface area contributed by atoms with Crippen LogP contribution < -0.4 is 0 Å². The highest BCUT2D eigenvalue weighted by atomic mass is 32.1. The van der Waals surface area contributed by atoms with Crippen LogP contribution >= 0.6 is 11.3 Å². The fourth-order valence-electron chi connectivity index (χ4n) is 1.69. The predicted molar refractivity (Wildman–Crippen MR) is 69.4 cm³/mol. The Labute approximate surface area is 107 Å². The van der Waals surface area contributed by atoms with Gasteiger partial charge in [-0.15, -0.1) is 11.3 Å². The van der Waals surface area contributed by atoms with E-state index in [2.05, 4.69) is 6.07 Å². The largest absolute Gasteiger partial charge is 0.337 e. The molecule has 3 nitrogen and oxygen atoms in total. The molecule has 0 saturated heterocycles. The van der Waals surface area contributed by atoms with Crippen molar-refractivity contribution in [1.29, 1.82) is 5.26 Å². The van der Waals surface area contributed by atoms with E-state index in [0.717, 1.165) is 11.3 Å². The molecule has 0 aliphatic carbocycles. The Bertz CT molecular complexity index is 381. The molecule has 0 bridgehead atoms. The van der Waals surface area contributed by atoms with Crippen molar-refractivity contribution in [3.63, 3.8) is 0 Å². The van der Waals surface area contributed by atoms with Crippen molar-refractivity contribution in [2.45, 2.75) is 33.2 Å². The van der Waals surface area contributed by atoms with Crippen molar-refractivity contribution in [1.82, 2.24) is 4.90 Å². The lowest BCUT2D eigenvalue weighted by Gasteiger charge is -2.22. The molecule has 1 heterocycles. The molecule has 1 aromatic heterocycles. The van der Waals surface area contributed by atoms with Gasteiger partial charge in [0.05, 0.1) is 12.6 Å². The third-order valence-corrected chi connectivity index (χ3v) is 3.51. The van der Waals surface area contributed by atoms with Crippen molar-refractivity contribution in [3.05, 3.63) is 22.4 Å². The van der Waals surface area contributed by atoms with E-state index in [9.17, 15) is 4.79 Å². The number of amides is 1. The first kappa shape index (κ1) is 13.7. The Kier molecular flexibility index (Phi) is 5.71. The first-order chi connectivity index (χ1) is 8.22. The Morgan fingerprint density at radius 1 is 1.59 bits per heavy atom. The second-order valence-electron chi connectivity index (χ2n) is 3.90. The van der Waals surface area contributed by atoms with Crippen LogP contribution in [0.15, 0.2) is 17.5 Å². The van der Waals surface area contributed by atoms with Gasteiger partial charge >= 0.3 is 0 Å². The van der Waals surface area contributed by atoms with E-state index in [1.807, 2.05) is 31.4 Å². The topological polar surface area (TPSA) is 44.1 Å². The summed E-state index contributed by atoms with van der Waals surface area (Å²) in [6.07, 6.45) is 1.51. The predicted octanol–water partition coefficient (Wildman–Crippen LogP) is 3.04. The van der Waals surface area contributed by atoms with E-state index in [-0.39, 0.29) is 5.91 Å². The Morgan fingerprint density at radius 2 is 2.35 bits per heavy atom. The smallest absolute Gasteiger partial charge is 0.240 e. The number of thiophene rings is 1. The fourth-order valence-corrected chi connectivity index (χ4v) is 2.41. The fraction of sp³-hybridized carbons (Fsp3) is 0.538. The Hall–Kier alpha value is -1.34. The molecule has 4 heteroatoms. The molecule has 1 amide bonds. The van der Waals surface area contributed by atoms with Gasteiger partial charge in [-0.3, -0.25) is 4.79 Å². The number of hydrogen-bond donors (Lipinski definition) is 0. The van der Waals surface area contributed by atoms with Gasteiger partial charge in [-0.1, -0.05) is 19.4 Å². The van der Waals surface area contributed by atoms with Crippen molar-refractivity contribution in [2.24, 2.45) is 5.92 Å². The van der Waals surface area contributed by atoms with E-state index >= 15 is 0 Å². The lowest BCUT2D eigenvalue weighted by atomic mass is 10.0. The van der Waals surface area contributed by atoms with Gasteiger partial charge in [0.1, 0.15) is 5.92 Å². The van der Waals surface area contributed by atoms with Crippen molar-refractivity contribution >= 4 is 17.2 Å². The third kappa shape index (κ3) is 3.86. The molecule has 1 rings (SSSR count). The second-order valence-corrected chi connectivity index (χ2v) is 4.93. The summed E-state index contributed by atoms with van der Waals surface area (Å²) in [4.78, 5) is 15.0. The summed E-state index contributed by atoms with van der Waals surface area (Å²) in [5.74, 6) is -0.523. The third-order valence-electron chi connectivity index (χ3n) is 2.65. The van der Waals surface area contributed by atoms with Gasteiger partial charge in [0.25, 0.3) is 0 Å². The highest BCUT2D eigenvalue weighted by Crippen LogP contribution is 2.15. The zero-order chi connectivity index (χ0) is 12.7. The minimum absolute atomic E-state index is 0.0368. The van der Waals surface area contributed by atoms with Gasteiger partial charge in [-0.05, 0) is 24.8 Å². The van der Waals surface area contributed by atoms with Crippen LogP contribution in [0.3, 0.4) is 0 Å². The molecular formula is C13H18N2OS. The van der Waals surface area contributed by atoms with E-state index < -0.39 is 5.92 Å². The van der Waals surface area contributed by atoms with Crippen LogP contribution in [0.5, 0.6) is 0 Å². The van der Waals surface area contributed by atoms with Crippen LogP contribution in [-0.4, -0.2) is 17.4 Å². The first-order valence-corrected chi connectivity index (χ1v) is 6.81. The molecule has 1 aromatic rings. The lowest BCUT2D eigenvalue weighted by Crippen LogP contribution is -2.34. The van der Waals surface area contributed by atoms with Crippen molar-refractivity contribution in [3.8, 4) is 6.07 Å². The van der Waals surface area contributed by atoms with Gasteiger partial charge in [0.2, 0.25) is 5.91 Å². The number of nitriles is 1. The molecule has 0 saturated carbocycles. The SMILES string of the molecule is CCCC(C#N)C(=O)N(CC)Cc1cccs1. The molecule has 1 atom stereocenters. The van der Waals surface area contributed by atoms with E-state index in [0.29, 0.717) is 19.5 Å². The Balaban J connectivity index is 2.66.